The largest absolute Gasteiger partial charge is 0.493 e. The van der Waals surface area contributed by atoms with Gasteiger partial charge in [0.05, 0.1) is 6.61 Å². The zero-order valence-corrected chi connectivity index (χ0v) is 8.66. The van der Waals surface area contributed by atoms with Crippen molar-refractivity contribution in [3.8, 4) is 5.75 Å². The molecule has 15 heavy (non-hydrogen) atoms. The second kappa shape index (κ2) is 4.62. The van der Waals surface area contributed by atoms with E-state index in [1.165, 1.54) is 25.0 Å². The van der Waals surface area contributed by atoms with E-state index >= 15 is 0 Å². The Morgan fingerprint density at radius 2 is 2.27 bits per heavy atom. The molecule has 2 nitrogen and oxygen atoms in total. The maximum atomic E-state index is 12.8. The summed E-state index contributed by atoms with van der Waals surface area (Å²) >= 11 is 0. The Kier molecular flexibility index (Phi) is 3.21. The second-order valence-electron chi connectivity index (χ2n) is 4.10. The molecule has 1 aromatic carbocycles. The third-order valence-corrected chi connectivity index (χ3v) is 2.74. The van der Waals surface area contributed by atoms with E-state index in [-0.39, 0.29) is 11.9 Å². The lowest BCUT2D eigenvalue weighted by Crippen LogP contribution is -2.24. The molecule has 0 aliphatic heterocycles. The van der Waals surface area contributed by atoms with Crippen LogP contribution in [0.2, 0.25) is 0 Å². The van der Waals surface area contributed by atoms with Crippen LogP contribution in [-0.4, -0.2) is 12.6 Å². The Balaban J connectivity index is 1.73. The van der Waals surface area contributed by atoms with Gasteiger partial charge in [-0.3, -0.25) is 0 Å². The fraction of sp³-hybridized carbons (Fsp3) is 0.500. The summed E-state index contributed by atoms with van der Waals surface area (Å²) in [6.45, 7) is 0.571. The van der Waals surface area contributed by atoms with Crippen LogP contribution < -0.4 is 10.5 Å². The number of benzene rings is 1. The molecule has 0 radical (unpaired) electrons. The second-order valence-corrected chi connectivity index (χ2v) is 4.10. The summed E-state index contributed by atoms with van der Waals surface area (Å²) in [5.41, 5.74) is 5.92. The summed E-state index contributed by atoms with van der Waals surface area (Å²) in [5, 5.41) is 0. The third kappa shape index (κ3) is 3.20. The van der Waals surface area contributed by atoms with Crippen molar-refractivity contribution >= 4 is 0 Å². The van der Waals surface area contributed by atoms with Gasteiger partial charge in [-0.2, -0.15) is 0 Å². The quantitative estimate of drug-likeness (QED) is 0.807. The fourth-order valence-corrected chi connectivity index (χ4v) is 1.63. The van der Waals surface area contributed by atoms with Gasteiger partial charge in [0.15, 0.2) is 0 Å². The highest BCUT2D eigenvalue weighted by Crippen LogP contribution is 2.32. The summed E-state index contributed by atoms with van der Waals surface area (Å²) in [6, 6.07) is 6.45. The van der Waals surface area contributed by atoms with Crippen molar-refractivity contribution < 1.29 is 9.13 Å². The SMILES string of the molecule is NC(CCOc1cccc(F)c1)C1CC1. The molecule has 3 heteroatoms. The molecule has 1 saturated carbocycles. The maximum Gasteiger partial charge on any atom is 0.126 e. The van der Waals surface area contributed by atoms with Gasteiger partial charge in [0.1, 0.15) is 11.6 Å². The monoisotopic (exact) mass is 209 g/mol. The van der Waals surface area contributed by atoms with E-state index < -0.39 is 0 Å². The molecule has 1 aliphatic rings. The molecule has 0 aromatic heterocycles. The van der Waals surface area contributed by atoms with Crippen LogP contribution in [0.15, 0.2) is 24.3 Å². The van der Waals surface area contributed by atoms with Gasteiger partial charge in [0.25, 0.3) is 0 Å². The van der Waals surface area contributed by atoms with Crippen molar-refractivity contribution in [1.82, 2.24) is 0 Å². The molecule has 1 atom stereocenters. The van der Waals surface area contributed by atoms with Gasteiger partial charge < -0.3 is 10.5 Å². The first-order chi connectivity index (χ1) is 7.25. The molecule has 1 fully saturated rings. The predicted octanol–water partition coefficient (Wildman–Crippen LogP) is 2.33. The van der Waals surface area contributed by atoms with E-state index in [2.05, 4.69) is 0 Å². The lowest BCUT2D eigenvalue weighted by molar-refractivity contribution is 0.290. The van der Waals surface area contributed by atoms with Gasteiger partial charge in [0.2, 0.25) is 0 Å². The molecule has 0 amide bonds. The molecule has 0 saturated heterocycles. The molecular weight excluding hydrogens is 193 g/mol. The molecule has 1 aromatic rings. The molecular formula is C12H16FNO. The smallest absolute Gasteiger partial charge is 0.126 e. The van der Waals surface area contributed by atoms with Crippen molar-refractivity contribution in [3.05, 3.63) is 30.1 Å². The highest BCUT2D eigenvalue weighted by atomic mass is 19.1. The first-order valence-corrected chi connectivity index (χ1v) is 5.39. The normalized spacial score (nSPS) is 17.5. The van der Waals surface area contributed by atoms with Crippen molar-refractivity contribution in [1.29, 1.82) is 0 Å². The molecule has 0 spiro atoms. The van der Waals surface area contributed by atoms with Gasteiger partial charge in [-0.25, -0.2) is 4.39 Å². The van der Waals surface area contributed by atoms with Crippen LogP contribution in [0.25, 0.3) is 0 Å². The summed E-state index contributed by atoms with van der Waals surface area (Å²) in [6.07, 6.45) is 3.35. The van der Waals surface area contributed by atoms with Crippen LogP contribution in [0.3, 0.4) is 0 Å². The van der Waals surface area contributed by atoms with E-state index in [1.54, 1.807) is 12.1 Å². The van der Waals surface area contributed by atoms with Crippen LogP contribution in [0.1, 0.15) is 19.3 Å². The number of nitrogens with two attached hydrogens (primary N) is 1. The lowest BCUT2D eigenvalue weighted by Gasteiger charge is -2.11. The highest BCUT2D eigenvalue weighted by molar-refractivity contribution is 5.22. The van der Waals surface area contributed by atoms with Gasteiger partial charge in [-0.1, -0.05) is 6.07 Å². The molecule has 1 unspecified atom stereocenters. The van der Waals surface area contributed by atoms with Crippen LogP contribution in [-0.2, 0) is 0 Å². The summed E-state index contributed by atoms with van der Waals surface area (Å²) in [5.74, 6) is 1.01. The summed E-state index contributed by atoms with van der Waals surface area (Å²) in [4.78, 5) is 0. The summed E-state index contributed by atoms with van der Waals surface area (Å²) < 4.78 is 18.2. The highest BCUT2D eigenvalue weighted by Gasteiger charge is 2.27. The topological polar surface area (TPSA) is 35.2 Å². The number of halogens is 1. The van der Waals surface area contributed by atoms with Crippen LogP contribution >= 0.6 is 0 Å². The zero-order valence-electron chi connectivity index (χ0n) is 8.66. The van der Waals surface area contributed by atoms with Gasteiger partial charge in [-0.05, 0) is 37.3 Å². The van der Waals surface area contributed by atoms with Gasteiger partial charge >= 0.3 is 0 Å². The molecule has 2 N–H and O–H groups in total. The molecule has 0 bridgehead atoms. The van der Waals surface area contributed by atoms with Crippen molar-refractivity contribution in [3.63, 3.8) is 0 Å². The lowest BCUT2D eigenvalue weighted by atomic mass is 10.1. The molecule has 2 rings (SSSR count). The van der Waals surface area contributed by atoms with E-state index in [0.29, 0.717) is 18.3 Å². The van der Waals surface area contributed by atoms with Crippen molar-refractivity contribution in [2.24, 2.45) is 11.7 Å². The molecule has 0 heterocycles. The minimum Gasteiger partial charge on any atom is -0.493 e. The maximum absolute atomic E-state index is 12.8. The van der Waals surface area contributed by atoms with Crippen LogP contribution in [0.5, 0.6) is 5.75 Å². The number of rotatable bonds is 5. The minimum absolute atomic E-state index is 0.249. The first kappa shape index (κ1) is 10.4. The van der Waals surface area contributed by atoms with E-state index in [9.17, 15) is 4.39 Å². The Hall–Kier alpha value is -1.09. The van der Waals surface area contributed by atoms with Crippen LogP contribution in [0.4, 0.5) is 4.39 Å². The number of ether oxygens (including phenoxy) is 1. The van der Waals surface area contributed by atoms with E-state index in [0.717, 1.165) is 6.42 Å². The Morgan fingerprint density at radius 3 is 2.93 bits per heavy atom. The van der Waals surface area contributed by atoms with E-state index in [4.69, 9.17) is 10.5 Å². The average Bonchev–Trinajstić information content (AvgIpc) is 3.00. The van der Waals surface area contributed by atoms with Crippen molar-refractivity contribution in [2.45, 2.75) is 25.3 Å². The molecule has 1 aliphatic carbocycles. The number of hydrogen-bond donors (Lipinski definition) is 1. The Bertz CT molecular complexity index is 325. The van der Waals surface area contributed by atoms with E-state index in [1.807, 2.05) is 0 Å². The zero-order chi connectivity index (χ0) is 10.7. The predicted molar refractivity (Wildman–Crippen MR) is 57.2 cm³/mol. The number of hydrogen-bond acceptors (Lipinski definition) is 2. The Morgan fingerprint density at radius 1 is 1.47 bits per heavy atom. The van der Waals surface area contributed by atoms with Gasteiger partial charge in [0, 0.05) is 12.1 Å². The minimum atomic E-state index is -0.265. The average molecular weight is 209 g/mol. The fourth-order valence-electron chi connectivity index (χ4n) is 1.63. The van der Waals surface area contributed by atoms with Crippen molar-refractivity contribution in [2.75, 3.05) is 6.61 Å². The third-order valence-electron chi connectivity index (χ3n) is 2.74. The standard InChI is InChI=1S/C12H16FNO/c13-10-2-1-3-11(8-10)15-7-6-12(14)9-4-5-9/h1-3,8-9,12H,4-7,14H2. The summed E-state index contributed by atoms with van der Waals surface area (Å²) in [7, 11) is 0. The Labute approximate surface area is 89.2 Å². The first-order valence-electron chi connectivity index (χ1n) is 5.39. The van der Waals surface area contributed by atoms with Gasteiger partial charge in [-0.15, -0.1) is 0 Å². The molecule has 82 valence electrons. The van der Waals surface area contributed by atoms with Crippen LogP contribution in [0, 0.1) is 11.7 Å².